The topological polar surface area (TPSA) is 88.8 Å². The second kappa shape index (κ2) is 11.8. The molecule has 1 aromatic heterocycles. The molecule has 2 aromatic carbocycles. The maximum absolute atomic E-state index is 13.6. The number of ether oxygens (including phenoxy) is 1. The van der Waals surface area contributed by atoms with Gasteiger partial charge in [-0.2, -0.15) is 0 Å². The molecule has 2 heterocycles. The van der Waals surface area contributed by atoms with Crippen molar-refractivity contribution in [2.45, 2.75) is 38.6 Å². The van der Waals surface area contributed by atoms with Crippen LogP contribution in [0.25, 0.3) is 0 Å². The number of fused-ring (bicyclic) bond motifs is 1. The fourth-order valence-corrected chi connectivity index (χ4v) is 5.05. The first-order chi connectivity index (χ1) is 17.1. The predicted octanol–water partition coefficient (Wildman–Crippen LogP) is 4.50. The number of aromatic nitrogens is 1. The van der Waals surface area contributed by atoms with Gasteiger partial charge in [0.05, 0.1) is 17.8 Å². The lowest BCUT2D eigenvalue weighted by Crippen LogP contribution is -2.45. The Kier molecular flexibility index (Phi) is 8.36. The molecule has 4 rings (SSSR count). The molecule has 2 N–H and O–H groups in total. The minimum atomic E-state index is -0.223. The standard InChI is InChI=1S/C27H32N4O3S/c1-2-30-15-9-4-10-16-31(26(33)24-18-29-27(28)35-24)21(17-20-11-5-3-6-12-20)19-34-23-14-8-7-13-22(23)25(30)32/h3,5-8,11-14,18,21H,2,4,9-10,15-17,19H2,1H3,(H2,28,29)/t21-/m0/s1. The molecular formula is C27H32N4O3S. The Labute approximate surface area is 210 Å². The van der Waals surface area contributed by atoms with Gasteiger partial charge in [-0.05, 0) is 50.3 Å². The van der Waals surface area contributed by atoms with Gasteiger partial charge in [-0.25, -0.2) is 4.98 Å². The van der Waals surface area contributed by atoms with E-state index in [2.05, 4.69) is 17.1 Å². The maximum atomic E-state index is 13.6. The third-order valence-corrected chi connectivity index (χ3v) is 7.11. The van der Waals surface area contributed by atoms with Crippen LogP contribution in [0.4, 0.5) is 5.13 Å². The third-order valence-electron chi connectivity index (χ3n) is 6.29. The van der Waals surface area contributed by atoms with Crippen molar-refractivity contribution in [2.75, 3.05) is 32.0 Å². The van der Waals surface area contributed by atoms with E-state index in [9.17, 15) is 9.59 Å². The highest BCUT2D eigenvalue weighted by Gasteiger charge is 2.28. The number of thiazole rings is 1. The van der Waals surface area contributed by atoms with Crippen LogP contribution < -0.4 is 10.5 Å². The highest BCUT2D eigenvalue weighted by atomic mass is 32.1. The maximum Gasteiger partial charge on any atom is 0.266 e. The van der Waals surface area contributed by atoms with E-state index in [1.165, 1.54) is 11.3 Å². The highest BCUT2D eigenvalue weighted by Crippen LogP contribution is 2.24. The molecule has 0 saturated heterocycles. The summed E-state index contributed by atoms with van der Waals surface area (Å²) >= 11 is 1.21. The van der Waals surface area contributed by atoms with E-state index in [0.717, 1.165) is 24.8 Å². The lowest BCUT2D eigenvalue weighted by Gasteiger charge is -2.32. The number of hydrogen-bond acceptors (Lipinski definition) is 6. The zero-order chi connectivity index (χ0) is 24.6. The molecule has 0 unspecified atom stereocenters. The van der Waals surface area contributed by atoms with Gasteiger partial charge >= 0.3 is 0 Å². The van der Waals surface area contributed by atoms with Crippen LogP contribution in [0.2, 0.25) is 0 Å². The smallest absolute Gasteiger partial charge is 0.266 e. The second-order valence-electron chi connectivity index (χ2n) is 8.66. The van der Waals surface area contributed by atoms with Gasteiger partial charge in [0.25, 0.3) is 11.8 Å². The van der Waals surface area contributed by atoms with Gasteiger partial charge in [-0.1, -0.05) is 53.8 Å². The largest absolute Gasteiger partial charge is 0.491 e. The molecule has 0 aliphatic carbocycles. The Morgan fingerprint density at radius 1 is 1.09 bits per heavy atom. The van der Waals surface area contributed by atoms with Crippen molar-refractivity contribution in [3.05, 3.63) is 76.8 Å². The summed E-state index contributed by atoms with van der Waals surface area (Å²) in [7, 11) is 0. The summed E-state index contributed by atoms with van der Waals surface area (Å²) < 4.78 is 6.29. The highest BCUT2D eigenvalue weighted by molar-refractivity contribution is 7.17. The van der Waals surface area contributed by atoms with E-state index in [-0.39, 0.29) is 24.5 Å². The summed E-state index contributed by atoms with van der Waals surface area (Å²) in [5.41, 5.74) is 7.50. The first-order valence-electron chi connectivity index (χ1n) is 12.1. The first kappa shape index (κ1) is 24.7. The number of nitrogens with two attached hydrogens (primary N) is 1. The summed E-state index contributed by atoms with van der Waals surface area (Å²) in [6, 6.07) is 17.3. The van der Waals surface area contributed by atoms with Crippen molar-refractivity contribution in [1.82, 2.24) is 14.8 Å². The summed E-state index contributed by atoms with van der Waals surface area (Å²) in [5, 5.41) is 0.377. The predicted molar refractivity (Wildman–Crippen MR) is 139 cm³/mol. The normalized spacial score (nSPS) is 17.5. The van der Waals surface area contributed by atoms with Crippen LogP contribution in [0.1, 0.15) is 51.8 Å². The number of hydrogen-bond donors (Lipinski definition) is 1. The number of amides is 2. The van der Waals surface area contributed by atoms with Crippen LogP contribution in [0.3, 0.4) is 0 Å². The van der Waals surface area contributed by atoms with Gasteiger partial charge in [-0.15, -0.1) is 0 Å². The van der Waals surface area contributed by atoms with Crippen LogP contribution in [0, 0.1) is 0 Å². The molecule has 0 radical (unpaired) electrons. The van der Waals surface area contributed by atoms with Gasteiger partial charge in [0.15, 0.2) is 5.13 Å². The van der Waals surface area contributed by atoms with E-state index >= 15 is 0 Å². The number of nitrogens with zero attached hydrogens (tertiary/aromatic N) is 3. The molecule has 0 spiro atoms. The number of carbonyl (C=O) groups excluding carboxylic acids is 2. The molecule has 0 fully saturated rings. The molecule has 7 nitrogen and oxygen atoms in total. The number of rotatable bonds is 4. The quantitative estimate of drug-likeness (QED) is 0.579. The van der Waals surface area contributed by atoms with E-state index < -0.39 is 0 Å². The molecule has 2 amide bonds. The van der Waals surface area contributed by atoms with Crippen molar-refractivity contribution >= 4 is 28.3 Å². The molecule has 8 heteroatoms. The van der Waals surface area contributed by atoms with E-state index in [0.29, 0.717) is 47.4 Å². The Morgan fingerprint density at radius 3 is 2.57 bits per heavy atom. The number of benzene rings is 2. The monoisotopic (exact) mass is 492 g/mol. The van der Waals surface area contributed by atoms with Crippen molar-refractivity contribution in [3.63, 3.8) is 0 Å². The molecule has 1 aliphatic rings. The van der Waals surface area contributed by atoms with Crippen molar-refractivity contribution < 1.29 is 14.3 Å². The van der Waals surface area contributed by atoms with Crippen LogP contribution in [0.5, 0.6) is 5.75 Å². The Morgan fingerprint density at radius 2 is 1.83 bits per heavy atom. The van der Waals surface area contributed by atoms with Gasteiger partial charge in [0, 0.05) is 19.6 Å². The SMILES string of the molecule is CCN1CCCCCN(C(=O)c2cnc(N)s2)[C@@H](Cc2ccccc2)COc2ccccc2C1=O. The Bertz CT molecular complexity index is 1130. The molecule has 184 valence electrons. The number of carbonyl (C=O) groups is 2. The average Bonchev–Trinajstić information content (AvgIpc) is 3.32. The first-order valence-corrected chi connectivity index (χ1v) is 13.0. The van der Waals surface area contributed by atoms with Crippen molar-refractivity contribution in [3.8, 4) is 5.75 Å². The average molecular weight is 493 g/mol. The minimum Gasteiger partial charge on any atom is -0.491 e. The fraction of sp³-hybridized carbons (Fsp3) is 0.370. The molecule has 35 heavy (non-hydrogen) atoms. The van der Waals surface area contributed by atoms with Gasteiger partial charge in [-0.3, -0.25) is 9.59 Å². The Balaban J connectivity index is 1.68. The number of anilines is 1. The van der Waals surface area contributed by atoms with Crippen molar-refractivity contribution in [1.29, 1.82) is 0 Å². The zero-order valence-corrected chi connectivity index (χ0v) is 20.9. The van der Waals surface area contributed by atoms with E-state index in [1.54, 1.807) is 6.20 Å². The number of nitrogen functional groups attached to an aromatic ring is 1. The van der Waals surface area contributed by atoms with Gasteiger partial charge in [0.1, 0.15) is 17.2 Å². The van der Waals surface area contributed by atoms with E-state index in [4.69, 9.17) is 10.5 Å². The van der Waals surface area contributed by atoms with Crippen LogP contribution in [-0.2, 0) is 6.42 Å². The van der Waals surface area contributed by atoms with E-state index in [1.807, 2.05) is 59.2 Å². The minimum absolute atomic E-state index is 0.0185. The van der Waals surface area contributed by atoms with Crippen LogP contribution in [-0.4, -0.2) is 58.9 Å². The van der Waals surface area contributed by atoms with Gasteiger partial charge < -0.3 is 20.3 Å². The summed E-state index contributed by atoms with van der Waals surface area (Å²) in [5.74, 6) is 0.441. The lowest BCUT2D eigenvalue weighted by atomic mass is 10.0. The van der Waals surface area contributed by atoms with Crippen LogP contribution >= 0.6 is 11.3 Å². The molecule has 1 aliphatic heterocycles. The Hall–Kier alpha value is -3.39. The van der Waals surface area contributed by atoms with Crippen LogP contribution in [0.15, 0.2) is 60.8 Å². The second-order valence-corrected chi connectivity index (χ2v) is 9.72. The zero-order valence-electron chi connectivity index (χ0n) is 20.1. The number of para-hydroxylation sites is 1. The third kappa shape index (κ3) is 6.19. The summed E-state index contributed by atoms with van der Waals surface area (Å²) in [4.78, 5) is 35.3. The van der Waals surface area contributed by atoms with Crippen molar-refractivity contribution in [2.24, 2.45) is 0 Å². The molecule has 1 atom stereocenters. The van der Waals surface area contributed by atoms with Gasteiger partial charge in [0.2, 0.25) is 0 Å². The molecular weight excluding hydrogens is 460 g/mol. The molecule has 0 saturated carbocycles. The summed E-state index contributed by atoms with van der Waals surface area (Å²) in [6.45, 7) is 4.18. The molecule has 0 bridgehead atoms. The lowest BCUT2D eigenvalue weighted by molar-refractivity contribution is 0.0610. The molecule has 3 aromatic rings. The summed E-state index contributed by atoms with van der Waals surface area (Å²) in [6.07, 6.45) is 4.82. The fourth-order valence-electron chi connectivity index (χ4n) is 4.41.